The highest BCUT2D eigenvalue weighted by atomic mass is 19.1. The Bertz CT molecular complexity index is 567. The Hall–Kier alpha value is -2.15. The maximum Gasteiger partial charge on any atom is 0.408 e. The van der Waals surface area contributed by atoms with Crippen molar-refractivity contribution in [1.29, 1.82) is 0 Å². The molecule has 1 aromatic carbocycles. The van der Waals surface area contributed by atoms with Crippen LogP contribution in [0.25, 0.3) is 0 Å². The number of rotatable bonds is 6. The molecule has 1 aromatic rings. The summed E-state index contributed by atoms with van der Waals surface area (Å²) < 4.78 is 18.5. The quantitative estimate of drug-likeness (QED) is 0.738. The molecule has 1 aliphatic carbocycles. The van der Waals surface area contributed by atoms with Gasteiger partial charge in [0.05, 0.1) is 6.10 Å². The van der Waals surface area contributed by atoms with Crippen LogP contribution >= 0.6 is 0 Å². The number of ether oxygens (including phenoxy) is 1. The van der Waals surface area contributed by atoms with Gasteiger partial charge in [0.1, 0.15) is 18.8 Å². The lowest BCUT2D eigenvalue weighted by atomic mass is 9.90. The minimum Gasteiger partial charge on any atom is -0.480 e. The van der Waals surface area contributed by atoms with E-state index >= 15 is 0 Å². The monoisotopic (exact) mass is 339 g/mol. The SMILES string of the molecule is CC1[C@H](CC(NC(=O)OCc2ccccc2)C(=O)O)C[C@@H](F)[C@@H]1O. The van der Waals surface area contributed by atoms with Crippen molar-refractivity contribution >= 4 is 12.1 Å². The van der Waals surface area contributed by atoms with E-state index < -0.39 is 30.4 Å². The molecule has 0 radical (unpaired) electrons. The fourth-order valence-electron chi connectivity index (χ4n) is 2.99. The summed E-state index contributed by atoms with van der Waals surface area (Å²) in [4.78, 5) is 23.1. The van der Waals surface area contributed by atoms with Gasteiger partial charge in [0.25, 0.3) is 0 Å². The average molecular weight is 339 g/mol. The summed E-state index contributed by atoms with van der Waals surface area (Å²) in [6.07, 6.45) is -3.14. The molecule has 2 rings (SSSR count). The van der Waals surface area contributed by atoms with Crippen molar-refractivity contribution in [3.05, 3.63) is 35.9 Å². The molecule has 5 atom stereocenters. The molecule has 1 amide bonds. The zero-order valence-corrected chi connectivity index (χ0v) is 13.4. The number of halogens is 1. The summed E-state index contributed by atoms with van der Waals surface area (Å²) in [5.74, 6) is -1.88. The highest BCUT2D eigenvalue weighted by Gasteiger charge is 2.41. The number of hydrogen-bond acceptors (Lipinski definition) is 4. The molecule has 1 saturated carbocycles. The normalized spacial score (nSPS) is 27.5. The Morgan fingerprint density at radius 2 is 2.04 bits per heavy atom. The van der Waals surface area contributed by atoms with Crippen LogP contribution < -0.4 is 5.32 Å². The average Bonchev–Trinajstić information content (AvgIpc) is 2.80. The first-order valence-electron chi connectivity index (χ1n) is 7.90. The molecule has 0 spiro atoms. The minimum atomic E-state index is -1.36. The summed E-state index contributed by atoms with van der Waals surface area (Å²) in [6.45, 7) is 1.71. The number of aliphatic carboxylic acids is 1. The summed E-state index contributed by atoms with van der Waals surface area (Å²) in [5.41, 5.74) is 0.785. The van der Waals surface area contributed by atoms with E-state index in [2.05, 4.69) is 5.32 Å². The molecule has 7 heteroatoms. The molecule has 0 aromatic heterocycles. The van der Waals surface area contributed by atoms with Crippen LogP contribution in [0.5, 0.6) is 0 Å². The number of carbonyl (C=O) groups excluding carboxylic acids is 1. The van der Waals surface area contributed by atoms with Crippen molar-refractivity contribution in [2.45, 2.75) is 44.7 Å². The fourth-order valence-corrected chi connectivity index (χ4v) is 2.99. The number of nitrogens with one attached hydrogen (secondary N) is 1. The number of carboxylic acid groups (broad SMARTS) is 1. The predicted molar refractivity (Wildman–Crippen MR) is 84.0 cm³/mol. The number of benzene rings is 1. The third-order valence-corrected chi connectivity index (χ3v) is 4.52. The third-order valence-electron chi connectivity index (χ3n) is 4.52. The van der Waals surface area contributed by atoms with Crippen LogP contribution in [0, 0.1) is 11.8 Å². The Balaban J connectivity index is 1.87. The number of aliphatic hydroxyl groups is 1. The molecule has 2 unspecified atom stereocenters. The zero-order valence-electron chi connectivity index (χ0n) is 13.4. The molecule has 0 aliphatic heterocycles. The highest BCUT2D eigenvalue weighted by Crippen LogP contribution is 2.36. The van der Waals surface area contributed by atoms with Crippen molar-refractivity contribution in [2.24, 2.45) is 11.8 Å². The van der Waals surface area contributed by atoms with Crippen molar-refractivity contribution in [3.8, 4) is 0 Å². The Labute approximate surface area is 139 Å². The van der Waals surface area contributed by atoms with Gasteiger partial charge in [-0.05, 0) is 30.2 Å². The second-order valence-electron chi connectivity index (χ2n) is 6.19. The lowest BCUT2D eigenvalue weighted by Gasteiger charge is -2.21. The van der Waals surface area contributed by atoms with Gasteiger partial charge in [0.2, 0.25) is 0 Å². The molecule has 0 saturated heterocycles. The van der Waals surface area contributed by atoms with Gasteiger partial charge in [-0.15, -0.1) is 0 Å². The maximum absolute atomic E-state index is 13.5. The molecular weight excluding hydrogens is 317 g/mol. The number of alkyl halides is 1. The number of carbonyl (C=O) groups is 2. The van der Waals surface area contributed by atoms with E-state index in [0.29, 0.717) is 0 Å². The van der Waals surface area contributed by atoms with Gasteiger partial charge in [0.15, 0.2) is 0 Å². The second kappa shape index (κ2) is 8.10. The van der Waals surface area contributed by atoms with Crippen molar-refractivity contribution in [3.63, 3.8) is 0 Å². The topological polar surface area (TPSA) is 95.9 Å². The van der Waals surface area contributed by atoms with Gasteiger partial charge in [0, 0.05) is 0 Å². The largest absolute Gasteiger partial charge is 0.480 e. The first-order valence-corrected chi connectivity index (χ1v) is 7.90. The van der Waals surface area contributed by atoms with Crippen LogP contribution in [-0.2, 0) is 16.1 Å². The smallest absolute Gasteiger partial charge is 0.408 e. The van der Waals surface area contributed by atoms with Crippen molar-refractivity contribution in [2.75, 3.05) is 0 Å². The zero-order chi connectivity index (χ0) is 17.7. The lowest BCUT2D eigenvalue weighted by Crippen LogP contribution is -2.42. The van der Waals surface area contributed by atoms with Gasteiger partial charge < -0.3 is 20.3 Å². The van der Waals surface area contributed by atoms with Gasteiger partial charge in [-0.1, -0.05) is 37.3 Å². The fraction of sp³-hybridized carbons (Fsp3) is 0.529. The molecule has 0 heterocycles. The maximum atomic E-state index is 13.5. The number of aliphatic hydroxyl groups excluding tert-OH is 1. The molecule has 24 heavy (non-hydrogen) atoms. The minimum absolute atomic E-state index is 0.0319. The third kappa shape index (κ3) is 4.67. The second-order valence-corrected chi connectivity index (χ2v) is 6.19. The number of hydrogen-bond donors (Lipinski definition) is 3. The standard InChI is InChI=1S/C17H22FNO5/c1-10-12(7-13(18)15(10)20)8-14(16(21)22)19-17(23)24-9-11-5-3-2-4-6-11/h2-6,10,12-15,20H,7-9H2,1H3,(H,19,23)(H,21,22)/t10?,12-,13+,14?,15+/m0/s1. The van der Waals surface area contributed by atoms with E-state index in [4.69, 9.17) is 4.74 Å². The lowest BCUT2D eigenvalue weighted by molar-refractivity contribution is -0.140. The highest BCUT2D eigenvalue weighted by molar-refractivity contribution is 5.79. The summed E-state index contributed by atoms with van der Waals surface area (Å²) in [6, 6.07) is 7.82. The molecule has 132 valence electrons. The molecule has 3 N–H and O–H groups in total. The van der Waals surface area contributed by atoms with Gasteiger partial charge in [-0.2, -0.15) is 0 Å². The molecule has 1 fully saturated rings. The summed E-state index contributed by atoms with van der Waals surface area (Å²) in [5, 5.41) is 21.2. The van der Waals surface area contributed by atoms with E-state index in [9.17, 15) is 24.2 Å². The molecule has 6 nitrogen and oxygen atoms in total. The first-order chi connectivity index (χ1) is 11.4. The Morgan fingerprint density at radius 3 is 2.58 bits per heavy atom. The van der Waals surface area contributed by atoms with Crippen LogP contribution in [-0.4, -0.2) is 40.6 Å². The van der Waals surface area contributed by atoms with Crippen LogP contribution in [0.15, 0.2) is 30.3 Å². The van der Waals surface area contributed by atoms with E-state index in [-0.39, 0.29) is 31.3 Å². The van der Waals surface area contributed by atoms with E-state index in [1.165, 1.54) is 0 Å². The van der Waals surface area contributed by atoms with Crippen LogP contribution in [0.1, 0.15) is 25.3 Å². The van der Waals surface area contributed by atoms with E-state index in [1.54, 1.807) is 31.2 Å². The number of amides is 1. The molecular formula is C17H22FNO5. The Morgan fingerprint density at radius 1 is 1.38 bits per heavy atom. The van der Waals surface area contributed by atoms with Gasteiger partial charge in [-0.3, -0.25) is 0 Å². The van der Waals surface area contributed by atoms with Gasteiger partial charge >= 0.3 is 12.1 Å². The predicted octanol–water partition coefficient (Wildman–Crippen LogP) is 2.11. The molecule has 1 aliphatic rings. The van der Waals surface area contributed by atoms with Crippen LogP contribution in [0.4, 0.5) is 9.18 Å². The van der Waals surface area contributed by atoms with E-state index in [0.717, 1.165) is 5.56 Å². The molecule has 0 bridgehead atoms. The number of carboxylic acids is 1. The Kier molecular flexibility index (Phi) is 6.14. The van der Waals surface area contributed by atoms with E-state index in [1.807, 2.05) is 6.07 Å². The van der Waals surface area contributed by atoms with Gasteiger partial charge in [-0.25, -0.2) is 14.0 Å². The van der Waals surface area contributed by atoms with Crippen molar-refractivity contribution in [1.82, 2.24) is 5.32 Å². The van der Waals surface area contributed by atoms with Crippen LogP contribution in [0.3, 0.4) is 0 Å². The number of alkyl carbamates (subject to hydrolysis) is 1. The first kappa shape index (κ1) is 18.2. The van der Waals surface area contributed by atoms with Crippen LogP contribution in [0.2, 0.25) is 0 Å². The summed E-state index contributed by atoms with van der Waals surface area (Å²) in [7, 11) is 0. The van der Waals surface area contributed by atoms with Crippen molar-refractivity contribution < 1.29 is 28.9 Å². The summed E-state index contributed by atoms with van der Waals surface area (Å²) >= 11 is 0.